The molecule has 1 heterocycles. The van der Waals surface area contributed by atoms with E-state index in [1.807, 2.05) is 51.1 Å². The first-order chi connectivity index (χ1) is 15.0. The second kappa shape index (κ2) is 9.82. The number of nitrogens with zero attached hydrogens (tertiary/aromatic N) is 2. The Hall–Kier alpha value is -2.08. The van der Waals surface area contributed by atoms with Crippen molar-refractivity contribution in [3.8, 4) is 0 Å². The van der Waals surface area contributed by atoms with E-state index in [4.69, 9.17) is 0 Å². The van der Waals surface area contributed by atoms with Gasteiger partial charge in [-0.3, -0.25) is 4.79 Å². The van der Waals surface area contributed by atoms with Gasteiger partial charge in [0.25, 0.3) is 0 Å². The summed E-state index contributed by atoms with van der Waals surface area (Å²) in [6.07, 6.45) is 4.26. The van der Waals surface area contributed by atoms with Gasteiger partial charge in [0.2, 0.25) is 5.91 Å². The average molecular weight is 444 g/mol. The van der Waals surface area contributed by atoms with Crippen molar-refractivity contribution in [2.75, 3.05) is 13.1 Å². The lowest BCUT2D eigenvalue weighted by atomic mass is 9.74. The Bertz CT molecular complexity index is 777. The minimum atomic E-state index is -0.906. The van der Waals surface area contributed by atoms with Crippen LogP contribution in [0.25, 0.3) is 0 Å². The highest BCUT2D eigenvalue weighted by Gasteiger charge is 2.42. The summed E-state index contributed by atoms with van der Waals surface area (Å²) in [5.74, 6) is 0.217. The molecule has 1 aromatic carbocycles. The molecule has 32 heavy (non-hydrogen) atoms. The topological polar surface area (TPSA) is 72.9 Å². The Kier molecular flexibility index (Phi) is 7.53. The number of hydrogen-bond donors (Lipinski definition) is 2. The summed E-state index contributed by atoms with van der Waals surface area (Å²) in [7, 11) is 0. The van der Waals surface area contributed by atoms with E-state index >= 15 is 0 Å². The van der Waals surface area contributed by atoms with Gasteiger partial charge < -0.3 is 20.2 Å². The summed E-state index contributed by atoms with van der Waals surface area (Å²) < 4.78 is 0. The van der Waals surface area contributed by atoms with Crippen LogP contribution in [0, 0.1) is 10.8 Å². The lowest BCUT2D eigenvalue weighted by Crippen LogP contribution is -2.53. The third-order valence-electron chi connectivity index (χ3n) is 7.10. The molecule has 0 unspecified atom stereocenters. The molecule has 1 aromatic rings. The first-order valence-corrected chi connectivity index (χ1v) is 12.0. The fraction of sp³-hybridized carbons (Fsp3) is 0.692. The van der Waals surface area contributed by atoms with E-state index in [2.05, 4.69) is 24.1 Å². The SMILES string of the molecule is CC1(C)CCC(N(C(=O)C(C)(C)C)[C@@H]2CN[C@H](CN(Cc3ccccc3)C(=O)O)C2)CC1. The van der Waals surface area contributed by atoms with E-state index < -0.39 is 11.5 Å². The van der Waals surface area contributed by atoms with Crippen molar-refractivity contribution in [2.45, 2.75) is 91.4 Å². The molecule has 2 amide bonds. The molecule has 1 saturated carbocycles. The number of amides is 2. The van der Waals surface area contributed by atoms with Crippen LogP contribution in [0.1, 0.15) is 72.3 Å². The van der Waals surface area contributed by atoms with E-state index in [1.54, 1.807) is 0 Å². The minimum Gasteiger partial charge on any atom is -0.465 e. The van der Waals surface area contributed by atoms with Gasteiger partial charge >= 0.3 is 6.09 Å². The molecule has 0 bridgehead atoms. The highest BCUT2D eigenvalue weighted by molar-refractivity contribution is 5.82. The number of benzene rings is 1. The van der Waals surface area contributed by atoms with Crippen LogP contribution in [0.15, 0.2) is 30.3 Å². The predicted molar refractivity (Wildman–Crippen MR) is 127 cm³/mol. The van der Waals surface area contributed by atoms with Crippen LogP contribution in [-0.2, 0) is 11.3 Å². The van der Waals surface area contributed by atoms with Crippen LogP contribution < -0.4 is 5.32 Å². The number of rotatable bonds is 6. The van der Waals surface area contributed by atoms with Crippen LogP contribution in [0.3, 0.4) is 0 Å². The molecule has 0 aromatic heterocycles. The zero-order valence-corrected chi connectivity index (χ0v) is 20.4. The second-order valence-corrected chi connectivity index (χ2v) is 11.5. The maximum absolute atomic E-state index is 13.5. The monoisotopic (exact) mass is 443 g/mol. The van der Waals surface area contributed by atoms with Crippen molar-refractivity contribution in [3.63, 3.8) is 0 Å². The Balaban J connectivity index is 1.68. The van der Waals surface area contributed by atoms with Crippen molar-refractivity contribution < 1.29 is 14.7 Å². The Morgan fingerprint density at radius 2 is 1.72 bits per heavy atom. The number of carbonyl (C=O) groups excluding carboxylic acids is 1. The third kappa shape index (κ3) is 6.25. The van der Waals surface area contributed by atoms with E-state index in [1.165, 1.54) is 4.90 Å². The number of hydrogen-bond acceptors (Lipinski definition) is 3. The molecule has 1 saturated heterocycles. The van der Waals surface area contributed by atoms with Crippen LogP contribution >= 0.6 is 0 Å². The van der Waals surface area contributed by atoms with Crippen molar-refractivity contribution >= 4 is 12.0 Å². The Morgan fingerprint density at radius 1 is 1.09 bits per heavy atom. The highest BCUT2D eigenvalue weighted by Crippen LogP contribution is 2.39. The third-order valence-corrected chi connectivity index (χ3v) is 7.10. The smallest absolute Gasteiger partial charge is 0.407 e. The number of nitrogens with one attached hydrogen (secondary N) is 1. The van der Waals surface area contributed by atoms with Gasteiger partial charge in [0.05, 0.1) is 0 Å². The Morgan fingerprint density at radius 3 is 2.28 bits per heavy atom. The van der Waals surface area contributed by atoms with Crippen molar-refractivity contribution in [2.24, 2.45) is 10.8 Å². The van der Waals surface area contributed by atoms with Crippen molar-refractivity contribution in [3.05, 3.63) is 35.9 Å². The number of carbonyl (C=O) groups is 2. The Labute approximate surface area is 193 Å². The highest BCUT2D eigenvalue weighted by atomic mass is 16.4. The first-order valence-electron chi connectivity index (χ1n) is 12.0. The first kappa shape index (κ1) is 24.6. The normalized spacial score (nSPS) is 23.7. The van der Waals surface area contributed by atoms with E-state index in [9.17, 15) is 14.7 Å². The summed E-state index contributed by atoms with van der Waals surface area (Å²) in [6, 6.07) is 10.1. The molecule has 2 aliphatic rings. The zero-order chi connectivity index (χ0) is 23.5. The fourth-order valence-electron chi connectivity index (χ4n) is 5.11. The largest absolute Gasteiger partial charge is 0.465 e. The van der Waals surface area contributed by atoms with E-state index in [0.717, 1.165) is 44.2 Å². The van der Waals surface area contributed by atoms with Crippen LogP contribution in [0.4, 0.5) is 4.79 Å². The molecular weight excluding hydrogens is 402 g/mol. The minimum absolute atomic E-state index is 0.0510. The van der Waals surface area contributed by atoms with Gasteiger partial charge in [-0.2, -0.15) is 0 Å². The quantitative estimate of drug-likeness (QED) is 0.666. The molecule has 0 spiro atoms. The lowest BCUT2D eigenvalue weighted by molar-refractivity contribution is -0.145. The molecular formula is C26H41N3O3. The van der Waals surface area contributed by atoms with Crippen molar-refractivity contribution in [1.29, 1.82) is 0 Å². The average Bonchev–Trinajstić information content (AvgIpc) is 3.17. The van der Waals surface area contributed by atoms with Gasteiger partial charge in [-0.15, -0.1) is 0 Å². The lowest BCUT2D eigenvalue weighted by Gasteiger charge is -2.45. The molecule has 178 valence electrons. The van der Waals surface area contributed by atoms with Gasteiger partial charge in [0, 0.05) is 43.2 Å². The second-order valence-electron chi connectivity index (χ2n) is 11.5. The van der Waals surface area contributed by atoms with E-state index in [0.29, 0.717) is 18.5 Å². The van der Waals surface area contributed by atoms with Gasteiger partial charge in [0.15, 0.2) is 0 Å². The van der Waals surface area contributed by atoms with Gasteiger partial charge in [-0.25, -0.2) is 4.79 Å². The summed E-state index contributed by atoms with van der Waals surface area (Å²) in [4.78, 5) is 29.0. The zero-order valence-electron chi connectivity index (χ0n) is 20.4. The molecule has 1 aliphatic carbocycles. The maximum atomic E-state index is 13.5. The summed E-state index contributed by atoms with van der Waals surface area (Å²) in [5.41, 5.74) is 0.910. The van der Waals surface area contributed by atoms with E-state index in [-0.39, 0.29) is 24.0 Å². The number of carboxylic acid groups (broad SMARTS) is 1. The van der Waals surface area contributed by atoms with Crippen LogP contribution in [0.2, 0.25) is 0 Å². The molecule has 2 fully saturated rings. The van der Waals surface area contributed by atoms with Crippen LogP contribution in [-0.4, -0.2) is 58.1 Å². The molecule has 2 atom stereocenters. The van der Waals surface area contributed by atoms with Gasteiger partial charge in [-0.05, 0) is 43.1 Å². The summed E-state index contributed by atoms with van der Waals surface area (Å²) in [6.45, 7) is 12.2. The predicted octanol–water partition coefficient (Wildman–Crippen LogP) is 4.74. The van der Waals surface area contributed by atoms with Crippen LogP contribution in [0.5, 0.6) is 0 Å². The molecule has 6 nitrogen and oxygen atoms in total. The molecule has 6 heteroatoms. The fourth-order valence-corrected chi connectivity index (χ4v) is 5.11. The maximum Gasteiger partial charge on any atom is 0.407 e. The summed E-state index contributed by atoms with van der Waals surface area (Å²) in [5, 5.41) is 13.3. The standard InChI is InChI=1S/C26H41N3O3/c1-25(2,3)23(30)29(21-11-13-26(4,5)14-12-21)22-15-20(27-16-22)18-28(24(31)32)17-19-9-7-6-8-10-19/h6-10,20-22,27H,11-18H2,1-5H3,(H,31,32)/t20-,22-/m0/s1. The van der Waals surface area contributed by atoms with Gasteiger partial charge in [0.1, 0.15) is 0 Å². The molecule has 2 N–H and O–H groups in total. The van der Waals surface area contributed by atoms with Gasteiger partial charge in [-0.1, -0.05) is 65.0 Å². The molecule has 0 radical (unpaired) electrons. The van der Waals surface area contributed by atoms with Crippen molar-refractivity contribution in [1.82, 2.24) is 15.1 Å². The molecule has 1 aliphatic heterocycles. The summed E-state index contributed by atoms with van der Waals surface area (Å²) >= 11 is 0. The molecule has 3 rings (SSSR count).